The van der Waals surface area contributed by atoms with Gasteiger partial charge in [-0.15, -0.1) is 0 Å². The molecule has 1 heterocycles. The van der Waals surface area contributed by atoms with E-state index in [-0.39, 0.29) is 6.04 Å². The number of likely N-dealkylation sites (tertiary alicyclic amines) is 1. The lowest BCUT2D eigenvalue weighted by molar-refractivity contribution is -0.140. The Balaban J connectivity index is 1.45. The van der Waals surface area contributed by atoms with Crippen molar-refractivity contribution in [2.75, 3.05) is 19.7 Å². The summed E-state index contributed by atoms with van der Waals surface area (Å²) in [5.41, 5.74) is -1.08. The molecule has 3 rings (SSSR count). The van der Waals surface area contributed by atoms with Crippen LogP contribution in [0.3, 0.4) is 0 Å². The Bertz CT molecular complexity index is 921. The number of amides is 1. The van der Waals surface area contributed by atoms with Crippen molar-refractivity contribution in [1.82, 2.24) is 10.2 Å². The first-order valence-corrected chi connectivity index (χ1v) is 9.99. The van der Waals surface area contributed by atoms with Crippen molar-refractivity contribution in [1.29, 1.82) is 0 Å². The Morgan fingerprint density at radius 3 is 2.31 bits per heavy atom. The van der Waals surface area contributed by atoms with Crippen molar-refractivity contribution < 1.29 is 35.9 Å². The smallest absolute Gasteiger partial charge is 0.419 e. The Labute approximate surface area is 181 Å². The second-order valence-corrected chi connectivity index (χ2v) is 7.60. The van der Waals surface area contributed by atoms with Gasteiger partial charge >= 0.3 is 12.4 Å². The quantitative estimate of drug-likeness (QED) is 0.625. The molecule has 4 nitrogen and oxygen atoms in total. The molecule has 10 heteroatoms. The van der Waals surface area contributed by atoms with Crippen molar-refractivity contribution in [2.24, 2.45) is 0 Å². The summed E-state index contributed by atoms with van der Waals surface area (Å²) in [5.74, 6) is -0.940. The number of carbonyl (C=O) groups excluding carboxylic acids is 1. The molecule has 0 radical (unpaired) electrons. The zero-order valence-electron chi connectivity index (χ0n) is 17.0. The lowest BCUT2D eigenvalue weighted by atomic mass is 10.0. The number of hydrogen-bond acceptors (Lipinski definition) is 3. The van der Waals surface area contributed by atoms with Crippen molar-refractivity contribution in [3.63, 3.8) is 0 Å². The highest BCUT2D eigenvalue weighted by molar-refractivity contribution is 5.77. The highest BCUT2D eigenvalue weighted by Crippen LogP contribution is 2.35. The average Bonchev–Trinajstić information content (AvgIpc) is 2.73. The summed E-state index contributed by atoms with van der Waals surface area (Å²) in [7, 11) is 0. The minimum atomic E-state index is -4.58. The third kappa shape index (κ3) is 6.62. The first-order valence-electron chi connectivity index (χ1n) is 9.99. The predicted molar refractivity (Wildman–Crippen MR) is 105 cm³/mol. The van der Waals surface area contributed by atoms with Crippen molar-refractivity contribution in [3.8, 4) is 5.75 Å². The van der Waals surface area contributed by atoms with E-state index in [0.717, 1.165) is 24.3 Å². The maximum absolute atomic E-state index is 13.0. The van der Waals surface area contributed by atoms with Gasteiger partial charge in [0.15, 0.2) is 6.61 Å². The fourth-order valence-corrected chi connectivity index (χ4v) is 3.58. The molecule has 1 N–H and O–H groups in total. The fraction of sp³-hybridized carbons (Fsp3) is 0.409. The molecule has 2 aromatic carbocycles. The summed E-state index contributed by atoms with van der Waals surface area (Å²) in [5, 5.41) is 2.74. The molecule has 0 saturated carbocycles. The van der Waals surface area contributed by atoms with Gasteiger partial charge in [-0.05, 0) is 36.6 Å². The molecule has 1 saturated heterocycles. The number of rotatable bonds is 6. The Kier molecular flexibility index (Phi) is 7.33. The molecule has 1 aliphatic heterocycles. The summed E-state index contributed by atoms with van der Waals surface area (Å²) in [6.45, 7) is 0.956. The number of nitrogens with one attached hydrogen (secondary N) is 1. The van der Waals surface area contributed by atoms with Gasteiger partial charge in [-0.3, -0.25) is 9.69 Å². The van der Waals surface area contributed by atoms with Crippen LogP contribution in [0.25, 0.3) is 0 Å². The van der Waals surface area contributed by atoms with E-state index in [2.05, 4.69) is 5.32 Å². The maximum atomic E-state index is 13.0. The van der Waals surface area contributed by atoms with Crippen LogP contribution in [0, 0.1) is 0 Å². The van der Waals surface area contributed by atoms with Crippen LogP contribution in [0.4, 0.5) is 26.3 Å². The van der Waals surface area contributed by atoms with Crippen molar-refractivity contribution >= 4 is 5.91 Å². The SMILES string of the molecule is O=C(COc1ccccc1C(F)(F)F)NC1CCN(Cc2cccc(C(F)(F)F)c2)CC1. The second kappa shape index (κ2) is 9.81. The molecule has 1 aliphatic rings. The van der Waals surface area contributed by atoms with Gasteiger partial charge in [-0.25, -0.2) is 0 Å². The summed E-state index contributed by atoms with van der Waals surface area (Å²) < 4.78 is 82.6. The van der Waals surface area contributed by atoms with E-state index in [0.29, 0.717) is 38.0 Å². The summed E-state index contributed by atoms with van der Waals surface area (Å²) in [4.78, 5) is 14.1. The summed E-state index contributed by atoms with van der Waals surface area (Å²) >= 11 is 0. The molecule has 0 aliphatic carbocycles. The maximum Gasteiger partial charge on any atom is 0.419 e. The van der Waals surface area contributed by atoms with Gasteiger partial charge in [0.05, 0.1) is 11.1 Å². The third-order valence-electron chi connectivity index (χ3n) is 5.16. The Hall–Kier alpha value is -2.75. The first kappa shape index (κ1) is 23.9. The molecule has 0 bridgehead atoms. The van der Waals surface area contributed by atoms with Gasteiger partial charge in [0.2, 0.25) is 0 Å². The number of hydrogen-bond donors (Lipinski definition) is 1. The van der Waals surface area contributed by atoms with E-state index >= 15 is 0 Å². The van der Waals surface area contributed by atoms with E-state index in [1.807, 2.05) is 4.90 Å². The average molecular weight is 460 g/mol. The van der Waals surface area contributed by atoms with E-state index in [9.17, 15) is 31.1 Å². The normalized spacial score (nSPS) is 16.1. The molecule has 1 amide bonds. The number of para-hydroxylation sites is 1. The number of piperidine rings is 1. The summed E-state index contributed by atoms with van der Waals surface area (Å²) in [6.07, 6.45) is -7.83. The zero-order chi connectivity index (χ0) is 23.4. The van der Waals surface area contributed by atoms with Crippen LogP contribution < -0.4 is 10.1 Å². The third-order valence-corrected chi connectivity index (χ3v) is 5.16. The van der Waals surface area contributed by atoms with Crippen LogP contribution in [0.15, 0.2) is 48.5 Å². The van der Waals surface area contributed by atoms with Crippen molar-refractivity contribution in [3.05, 3.63) is 65.2 Å². The predicted octanol–water partition coefficient (Wildman–Crippen LogP) is 4.88. The minimum Gasteiger partial charge on any atom is -0.483 e. The lowest BCUT2D eigenvalue weighted by Crippen LogP contribution is -2.45. The van der Waals surface area contributed by atoms with E-state index in [1.54, 1.807) is 6.07 Å². The monoisotopic (exact) mass is 460 g/mol. The zero-order valence-corrected chi connectivity index (χ0v) is 17.0. The van der Waals surface area contributed by atoms with Crippen LogP contribution in [0.2, 0.25) is 0 Å². The van der Waals surface area contributed by atoms with E-state index in [1.165, 1.54) is 18.2 Å². The second-order valence-electron chi connectivity index (χ2n) is 7.60. The highest BCUT2D eigenvalue weighted by Gasteiger charge is 2.34. The molecule has 0 aromatic heterocycles. The fourth-order valence-electron chi connectivity index (χ4n) is 3.58. The van der Waals surface area contributed by atoms with Gasteiger partial charge in [-0.1, -0.05) is 30.3 Å². The highest BCUT2D eigenvalue weighted by atomic mass is 19.4. The van der Waals surface area contributed by atoms with Crippen LogP contribution in [-0.4, -0.2) is 36.5 Å². The first-order chi connectivity index (χ1) is 15.0. The molecule has 174 valence electrons. The topological polar surface area (TPSA) is 41.6 Å². The molecule has 2 aromatic rings. The molecule has 32 heavy (non-hydrogen) atoms. The van der Waals surface area contributed by atoms with Crippen LogP contribution >= 0.6 is 0 Å². The molecule has 0 atom stereocenters. The van der Waals surface area contributed by atoms with Gasteiger partial charge in [-0.2, -0.15) is 26.3 Å². The Morgan fingerprint density at radius 2 is 1.66 bits per heavy atom. The number of halogens is 6. The molecular weight excluding hydrogens is 438 g/mol. The minimum absolute atomic E-state index is 0.179. The van der Waals surface area contributed by atoms with Gasteiger partial charge in [0.1, 0.15) is 5.75 Å². The molecular formula is C22H22F6N2O2. The largest absolute Gasteiger partial charge is 0.483 e. The van der Waals surface area contributed by atoms with E-state index in [4.69, 9.17) is 4.74 Å². The number of nitrogens with zero attached hydrogens (tertiary/aromatic N) is 1. The molecule has 0 unspecified atom stereocenters. The van der Waals surface area contributed by atoms with Crippen LogP contribution in [0.1, 0.15) is 29.5 Å². The standard InChI is InChI=1S/C22H22F6N2O2/c23-21(24,25)16-5-3-4-15(12-16)13-30-10-8-17(9-11-30)29-20(31)14-32-19-7-2-1-6-18(19)22(26,27)28/h1-7,12,17H,8-11,13-14H2,(H,29,31). The number of benzene rings is 2. The van der Waals surface area contributed by atoms with Crippen molar-refractivity contribution in [2.45, 2.75) is 37.8 Å². The summed E-state index contributed by atoms with van der Waals surface area (Å²) in [6, 6.07) is 9.66. The Morgan fingerprint density at radius 1 is 0.969 bits per heavy atom. The van der Waals surface area contributed by atoms with E-state index < -0.39 is 41.7 Å². The van der Waals surface area contributed by atoms with Crippen LogP contribution in [-0.2, 0) is 23.7 Å². The molecule has 0 spiro atoms. The van der Waals surface area contributed by atoms with Gasteiger partial charge in [0.25, 0.3) is 5.91 Å². The van der Waals surface area contributed by atoms with Gasteiger partial charge < -0.3 is 10.1 Å². The number of ether oxygens (including phenoxy) is 1. The lowest BCUT2D eigenvalue weighted by Gasteiger charge is -2.32. The van der Waals surface area contributed by atoms with Gasteiger partial charge in [0, 0.05) is 25.7 Å². The molecule has 1 fully saturated rings. The number of carbonyl (C=O) groups is 1. The van der Waals surface area contributed by atoms with Crippen LogP contribution in [0.5, 0.6) is 5.75 Å². The number of alkyl halides is 6.